The van der Waals surface area contributed by atoms with Crippen molar-refractivity contribution in [3.63, 3.8) is 0 Å². The molecule has 26 heavy (non-hydrogen) atoms. The van der Waals surface area contributed by atoms with Crippen molar-refractivity contribution in [2.45, 2.75) is 6.54 Å². The molecule has 2 aromatic rings. The molecule has 138 valence electrons. The second-order valence-electron chi connectivity index (χ2n) is 5.35. The summed E-state index contributed by atoms with van der Waals surface area (Å²) in [6, 6.07) is 11.0. The Kier molecular flexibility index (Phi) is 6.91. The Morgan fingerprint density at radius 3 is 2.08 bits per heavy atom. The minimum absolute atomic E-state index is 0.211. The molecule has 0 radical (unpaired) electrons. The van der Waals surface area contributed by atoms with Gasteiger partial charge < -0.3 is 24.3 Å². The fourth-order valence-corrected chi connectivity index (χ4v) is 2.34. The van der Waals surface area contributed by atoms with Crippen molar-refractivity contribution in [2.24, 2.45) is 0 Å². The monoisotopic (exact) mass is 357 g/mol. The highest BCUT2D eigenvalue weighted by Crippen LogP contribution is 2.35. The lowest BCUT2D eigenvalue weighted by molar-refractivity contribution is -0.116. The number of methoxy groups -OCH3 is 4. The van der Waals surface area contributed by atoms with Crippen LogP contribution in [-0.4, -0.2) is 34.3 Å². The third kappa shape index (κ3) is 4.92. The van der Waals surface area contributed by atoms with Crippen molar-refractivity contribution >= 4 is 12.0 Å². The molecule has 2 rings (SSSR count). The molecule has 0 spiro atoms. The lowest BCUT2D eigenvalue weighted by Crippen LogP contribution is -2.20. The Bertz CT molecular complexity index is 769. The van der Waals surface area contributed by atoms with Crippen LogP contribution in [0, 0.1) is 0 Å². The van der Waals surface area contributed by atoms with E-state index in [1.165, 1.54) is 6.08 Å². The van der Waals surface area contributed by atoms with Crippen LogP contribution < -0.4 is 24.3 Å². The summed E-state index contributed by atoms with van der Waals surface area (Å²) in [5.74, 6) is 2.28. The number of hydrogen-bond donors (Lipinski definition) is 1. The van der Waals surface area contributed by atoms with E-state index >= 15 is 0 Å². The average molecular weight is 357 g/mol. The van der Waals surface area contributed by atoms with Gasteiger partial charge in [-0.05, 0) is 29.8 Å². The molecule has 0 bridgehead atoms. The van der Waals surface area contributed by atoms with Gasteiger partial charge in [-0.2, -0.15) is 0 Å². The fraction of sp³-hybridized carbons (Fsp3) is 0.250. The van der Waals surface area contributed by atoms with Crippen molar-refractivity contribution in [1.82, 2.24) is 5.32 Å². The molecule has 0 aliphatic heterocycles. The van der Waals surface area contributed by atoms with Crippen molar-refractivity contribution in [3.05, 3.63) is 53.6 Å². The minimum atomic E-state index is -0.211. The molecule has 6 heteroatoms. The topological polar surface area (TPSA) is 66.0 Å². The predicted octanol–water partition coefficient (Wildman–Crippen LogP) is 3.05. The first-order chi connectivity index (χ1) is 12.6. The normalized spacial score (nSPS) is 10.5. The van der Waals surface area contributed by atoms with E-state index in [0.717, 1.165) is 11.3 Å². The number of hydrogen-bond acceptors (Lipinski definition) is 5. The zero-order valence-electron chi connectivity index (χ0n) is 15.4. The van der Waals surface area contributed by atoms with E-state index in [9.17, 15) is 4.79 Å². The van der Waals surface area contributed by atoms with Crippen LogP contribution in [0.25, 0.3) is 6.08 Å². The molecule has 2 aromatic carbocycles. The van der Waals surface area contributed by atoms with E-state index in [-0.39, 0.29) is 5.91 Å². The zero-order chi connectivity index (χ0) is 18.9. The van der Waals surface area contributed by atoms with Crippen molar-refractivity contribution in [1.29, 1.82) is 0 Å². The summed E-state index contributed by atoms with van der Waals surface area (Å²) in [5.41, 5.74) is 1.70. The maximum Gasteiger partial charge on any atom is 0.244 e. The number of carbonyl (C=O) groups is 1. The molecular weight excluding hydrogens is 334 g/mol. The number of benzene rings is 2. The van der Waals surface area contributed by atoms with Gasteiger partial charge in [0, 0.05) is 24.3 Å². The van der Waals surface area contributed by atoms with Crippen LogP contribution in [0.3, 0.4) is 0 Å². The van der Waals surface area contributed by atoms with Crippen molar-refractivity contribution < 1.29 is 23.7 Å². The van der Waals surface area contributed by atoms with E-state index in [0.29, 0.717) is 29.4 Å². The SMILES string of the molecule is COc1ccc(CNC(=O)/C=C/c2cc(OC)c(OC)cc2OC)cc1. The molecule has 1 N–H and O–H groups in total. The molecule has 0 heterocycles. The van der Waals surface area contributed by atoms with Crippen LogP contribution in [0.2, 0.25) is 0 Å². The van der Waals surface area contributed by atoms with Gasteiger partial charge in [-0.15, -0.1) is 0 Å². The molecule has 1 amide bonds. The lowest BCUT2D eigenvalue weighted by Gasteiger charge is -2.12. The van der Waals surface area contributed by atoms with Gasteiger partial charge in [0.1, 0.15) is 11.5 Å². The second kappa shape index (κ2) is 9.36. The van der Waals surface area contributed by atoms with Crippen LogP contribution in [0.1, 0.15) is 11.1 Å². The molecule has 0 atom stereocenters. The molecule has 0 aromatic heterocycles. The van der Waals surface area contributed by atoms with Gasteiger partial charge in [0.25, 0.3) is 0 Å². The summed E-state index contributed by atoms with van der Waals surface area (Å²) < 4.78 is 21.0. The summed E-state index contributed by atoms with van der Waals surface area (Å²) in [5, 5.41) is 2.83. The standard InChI is InChI=1S/C20H23NO5/c1-23-16-8-5-14(6-9-16)13-21-20(22)10-7-15-11-18(25-3)19(26-4)12-17(15)24-2/h5-12H,13H2,1-4H3,(H,21,22)/b10-7+. The lowest BCUT2D eigenvalue weighted by atomic mass is 10.1. The first-order valence-electron chi connectivity index (χ1n) is 8.00. The summed E-state index contributed by atoms with van der Waals surface area (Å²) in [6.07, 6.45) is 3.12. The molecule has 6 nitrogen and oxygen atoms in total. The summed E-state index contributed by atoms with van der Waals surface area (Å²) in [7, 11) is 6.28. The first-order valence-corrected chi connectivity index (χ1v) is 8.00. The van der Waals surface area contributed by atoms with Gasteiger partial charge in [0.2, 0.25) is 5.91 Å². The maximum absolute atomic E-state index is 12.1. The quantitative estimate of drug-likeness (QED) is 0.736. The number of carbonyl (C=O) groups excluding carboxylic acids is 1. The van der Waals surface area contributed by atoms with Crippen molar-refractivity contribution in [3.8, 4) is 23.0 Å². The Morgan fingerprint density at radius 1 is 0.885 bits per heavy atom. The van der Waals surface area contributed by atoms with Gasteiger partial charge in [0.05, 0.1) is 28.4 Å². The zero-order valence-corrected chi connectivity index (χ0v) is 15.4. The largest absolute Gasteiger partial charge is 0.497 e. The molecule has 0 unspecified atom stereocenters. The maximum atomic E-state index is 12.1. The van der Waals surface area contributed by atoms with Crippen LogP contribution in [-0.2, 0) is 11.3 Å². The smallest absolute Gasteiger partial charge is 0.244 e. The minimum Gasteiger partial charge on any atom is -0.497 e. The first kappa shape index (κ1) is 19.2. The number of nitrogens with one attached hydrogen (secondary N) is 1. The van der Waals surface area contributed by atoms with Gasteiger partial charge in [-0.3, -0.25) is 4.79 Å². The van der Waals surface area contributed by atoms with Crippen LogP contribution >= 0.6 is 0 Å². The fourth-order valence-electron chi connectivity index (χ4n) is 2.34. The Labute approximate surface area is 153 Å². The van der Waals surface area contributed by atoms with Gasteiger partial charge in [0.15, 0.2) is 11.5 Å². The third-order valence-corrected chi connectivity index (χ3v) is 3.78. The molecule has 0 saturated heterocycles. The third-order valence-electron chi connectivity index (χ3n) is 3.78. The van der Waals surface area contributed by atoms with Gasteiger partial charge in [-0.1, -0.05) is 12.1 Å². The molecule has 0 aliphatic rings. The Morgan fingerprint density at radius 2 is 1.50 bits per heavy atom. The summed E-state index contributed by atoms with van der Waals surface area (Å²) >= 11 is 0. The van der Waals surface area contributed by atoms with E-state index in [4.69, 9.17) is 18.9 Å². The summed E-state index contributed by atoms with van der Waals surface area (Å²) in [6.45, 7) is 0.427. The molecule has 0 aliphatic carbocycles. The average Bonchev–Trinajstić information content (AvgIpc) is 2.70. The highest BCUT2D eigenvalue weighted by atomic mass is 16.5. The van der Waals surface area contributed by atoms with E-state index in [1.54, 1.807) is 46.6 Å². The van der Waals surface area contributed by atoms with E-state index in [1.807, 2.05) is 24.3 Å². The van der Waals surface area contributed by atoms with E-state index in [2.05, 4.69) is 5.32 Å². The number of amides is 1. The van der Waals surface area contributed by atoms with Gasteiger partial charge in [-0.25, -0.2) is 0 Å². The van der Waals surface area contributed by atoms with Crippen LogP contribution in [0.5, 0.6) is 23.0 Å². The van der Waals surface area contributed by atoms with Crippen molar-refractivity contribution in [2.75, 3.05) is 28.4 Å². The van der Waals surface area contributed by atoms with Gasteiger partial charge >= 0.3 is 0 Å². The highest BCUT2D eigenvalue weighted by molar-refractivity contribution is 5.92. The molecule has 0 fully saturated rings. The molecular formula is C20H23NO5. The van der Waals surface area contributed by atoms with Crippen LogP contribution in [0.4, 0.5) is 0 Å². The van der Waals surface area contributed by atoms with E-state index < -0.39 is 0 Å². The number of rotatable bonds is 8. The highest BCUT2D eigenvalue weighted by Gasteiger charge is 2.10. The van der Waals surface area contributed by atoms with Crippen LogP contribution in [0.15, 0.2) is 42.5 Å². The Hall–Kier alpha value is -3.15. The molecule has 0 saturated carbocycles. The second-order valence-corrected chi connectivity index (χ2v) is 5.35. The number of ether oxygens (including phenoxy) is 4. The summed E-state index contributed by atoms with van der Waals surface area (Å²) in [4.78, 5) is 12.1. The predicted molar refractivity (Wildman–Crippen MR) is 100.0 cm³/mol. The Balaban J connectivity index is 2.04.